The molecule has 6 heteroatoms. The number of likely N-dealkylation sites (tertiary alicyclic amines) is 1. The maximum absolute atomic E-state index is 12.1. The van der Waals surface area contributed by atoms with Crippen LogP contribution in [0.1, 0.15) is 18.4 Å². The Morgan fingerprint density at radius 1 is 1.22 bits per heavy atom. The van der Waals surface area contributed by atoms with E-state index in [-0.39, 0.29) is 17.7 Å². The van der Waals surface area contributed by atoms with Crippen molar-refractivity contribution in [2.75, 3.05) is 32.7 Å². The minimum Gasteiger partial charge on any atom is -0.355 e. The van der Waals surface area contributed by atoms with Crippen molar-refractivity contribution in [1.82, 2.24) is 15.5 Å². The van der Waals surface area contributed by atoms with Gasteiger partial charge in [0.25, 0.3) is 0 Å². The number of piperidine rings is 1. The summed E-state index contributed by atoms with van der Waals surface area (Å²) in [4.78, 5) is 26.1. The van der Waals surface area contributed by atoms with Gasteiger partial charge in [-0.1, -0.05) is 30.3 Å². The Bertz CT molecular complexity index is 507. The van der Waals surface area contributed by atoms with Gasteiger partial charge in [0.15, 0.2) is 0 Å². The number of amides is 2. The number of hydrogen-bond donors (Lipinski definition) is 3. The van der Waals surface area contributed by atoms with E-state index in [9.17, 15) is 9.59 Å². The highest BCUT2D eigenvalue weighted by Gasteiger charge is 2.26. The lowest BCUT2D eigenvalue weighted by molar-refractivity contribution is -0.128. The average molecular weight is 318 g/mol. The summed E-state index contributed by atoms with van der Waals surface area (Å²) in [7, 11) is 0. The molecule has 0 spiro atoms. The Morgan fingerprint density at radius 2 is 2.00 bits per heavy atom. The van der Waals surface area contributed by atoms with E-state index in [1.54, 1.807) is 0 Å². The molecule has 2 amide bonds. The zero-order valence-corrected chi connectivity index (χ0v) is 13.5. The second kappa shape index (κ2) is 9.27. The van der Waals surface area contributed by atoms with Gasteiger partial charge in [0.1, 0.15) is 0 Å². The first-order chi connectivity index (χ1) is 11.2. The maximum atomic E-state index is 12.1. The third-order valence-corrected chi connectivity index (χ3v) is 4.02. The van der Waals surface area contributed by atoms with E-state index in [0.717, 1.165) is 24.9 Å². The minimum atomic E-state index is -0.0442. The van der Waals surface area contributed by atoms with E-state index in [0.29, 0.717) is 32.7 Å². The number of carbonyl (C=O) groups is 2. The van der Waals surface area contributed by atoms with Gasteiger partial charge in [-0.2, -0.15) is 0 Å². The molecule has 1 aliphatic heterocycles. The summed E-state index contributed by atoms with van der Waals surface area (Å²) in [5, 5.41) is 5.76. The van der Waals surface area contributed by atoms with E-state index >= 15 is 0 Å². The Kier molecular flexibility index (Phi) is 7.03. The van der Waals surface area contributed by atoms with Crippen LogP contribution in [0.3, 0.4) is 0 Å². The molecule has 2 rings (SSSR count). The normalized spacial score (nSPS) is 18.4. The second-order valence-electron chi connectivity index (χ2n) is 5.92. The molecule has 1 aliphatic rings. The summed E-state index contributed by atoms with van der Waals surface area (Å²) in [6.07, 6.45) is 1.81. The lowest BCUT2D eigenvalue weighted by Crippen LogP contribution is -2.47. The smallest absolute Gasteiger partial charge is 0.234 e. The van der Waals surface area contributed by atoms with Gasteiger partial charge in [0.05, 0.1) is 12.5 Å². The van der Waals surface area contributed by atoms with Crippen molar-refractivity contribution >= 4 is 11.8 Å². The molecule has 23 heavy (non-hydrogen) atoms. The van der Waals surface area contributed by atoms with Crippen molar-refractivity contribution in [3.8, 4) is 0 Å². The van der Waals surface area contributed by atoms with Gasteiger partial charge in [-0.15, -0.1) is 0 Å². The number of nitrogens with two attached hydrogens (primary N) is 1. The van der Waals surface area contributed by atoms with Crippen molar-refractivity contribution in [2.45, 2.75) is 19.4 Å². The van der Waals surface area contributed by atoms with Crippen molar-refractivity contribution in [3.63, 3.8) is 0 Å². The van der Waals surface area contributed by atoms with E-state index < -0.39 is 0 Å². The Hall–Kier alpha value is -1.92. The van der Waals surface area contributed by atoms with Crippen LogP contribution in [-0.2, 0) is 16.1 Å². The molecular formula is C17H26N4O2. The molecule has 4 N–H and O–H groups in total. The fourth-order valence-electron chi connectivity index (χ4n) is 2.81. The molecule has 1 fully saturated rings. The first kappa shape index (κ1) is 17.4. The molecule has 0 aliphatic carbocycles. The van der Waals surface area contributed by atoms with Crippen LogP contribution in [0.4, 0.5) is 0 Å². The minimum absolute atomic E-state index is 0.00290. The molecule has 0 radical (unpaired) electrons. The van der Waals surface area contributed by atoms with E-state index in [4.69, 9.17) is 5.73 Å². The van der Waals surface area contributed by atoms with Gasteiger partial charge >= 0.3 is 0 Å². The third kappa shape index (κ3) is 6.00. The zero-order valence-electron chi connectivity index (χ0n) is 13.5. The SMILES string of the molecule is NCCNC(=O)C1CCCN(CC(=O)NCc2ccccc2)C1. The molecule has 1 saturated heterocycles. The monoisotopic (exact) mass is 318 g/mol. The fraction of sp³-hybridized carbons (Fsp3) is 0.529. The van der Waals surface area contributed by atoms with Gasteiger partial charge in [-0.05, 0) is 24.9 Å². The lowest BCUT2D eigenvalue weighted by Gasteiger charge is -2.31. The summed E-state index contributed by atoms with van der Waals surface area (Å²) in [6.45, 7) is 3.33. The standard InChI is InChI=1S/C17H26N4O2/c18-8-9-19-17(23)15-7-4-10-21(12-15)13-16(22)20-11-14-5-2-1-3-6-14/h1-3,5-6,15H,4,7-13,18H2,(H,19,23)(H,20,22). The highest BCUT2D eigenvalue weighted by Crippen LogP contribution is 2.16. The maximum Gasteiger partial charge on any atom is 0.234 e. The van der Waals surface area contributed by atoms with Crippen molar-refractivity contribution in [2.24, 2.45) is 11.7 Å². The lowest BCUT2D eigenvalue weighted by atomic mass is 9.97. The molecule has 1 heterocycles. The highest BCUT2D eigenvalue weighted by atomic mass is 16.2. The number of nitrogens with zero attached hydrogens (tertiary/aromatic N) is 1. The van der Waals surface area contributed by atoms with Gasteiger partial charge in [0, 0.05) is 26.2 Å². The van der Waals surface area contributed by atoms with Crippen LogP contribution in [0, 0.1) is 5.92 Å². The first-order valence-corrected chi connectivity index (χ1v) is 8.20. The van der Waals surface area contributed by atoms with E-state index in [1.807, 2.05) is 30.3 Å². The topological polar surface area (TPSA) is 87.5 Å². The van der Waals surface area contributed by atoms with E-state index in [1.165, 1.54) is 0 Å². The molecule has 0 saturated carbocycles. The van der Waals surface area contributed by atoms with Crippen LogP contribution < -0.4 is 16.4 Å². The number of carbonyl (C=O) groups excluding carboxylic acids is 2. The molecule has 0 bridgehead atoms. The quantitative estimate of drug-likeness (QED) is 0.665. The number of nitrogens with one attached hydrogen (secondary N) is 2. The van der Waals surface area contributed by atoms with Crippen LogP contribution >= 0.6 is 0 Å². The van der Waals surface area contributed by atoms with Crippen LogP contribution in [0.15, 0.2) is 30.3 Å². The van der Waals surface area contributed by atoms with Gasteiger partial charge in [0.2, 0.25) is 11.8 Å². The highest BCUT2D eigenvalue weighted by molar-refractivity contribution is 5.80. The molecule has 1 aromatic rings. The van der Waals surface area contributed by atoms with Crippen LogP contribution in [0.2, 0.25) is 0 Å². The third-order valence-electron chi connectivity index (χ3n) is 4.02. The predicted molar refractivity (Wildman–Crippen MR) is 89.5 cm³/mol. The Morgan fingerprint density at radius 3 is 2.74 bits per heavy atom. The molecule has 0 aromatic heterocycles. The number of hydrogen-bond acceptors (Lipinski definition) is 4. The summed E-state index contributed by atoms with van der Waals surface area (Å²) in [6, 6.07) is 9.83. The first-order valence-electron chi connectivity index (χ1n) is 8.20. The number of benzene rings is 1. The fourth-order valence-corrected chi connectivity index (χ4v) is 2.81. The summed E-state index contributed by atoms with van der Waals surface area (Å²) in [5.74, 6) is -0.000985. The predicted octanol–water partition coefficient (Wildman–Crippen LogP) is 0.0897. The van der Waals surface area contributed by atoms with Gasteiger partial charge in [-0.25, -0.2) is 0 Å². The second-order valence-corrected chi connectivity index (χ2v) is 5.92. The number of rotatable bonds is 7. The van der Waals surface area contributed by atoms with Crippen molar-refractivity contribution < 1.29 is 9.59 Å². The van der Waals surface area contributed by atoms with Crippen molar-refractivity contribution in [1.29, 1.82) is 0 Å². The molecule has 1 atom stereocenters. The van der Waals surface area contributed by atoms with Crippen molar-refractivity contribution in [3.05, 3.63) is 35.9 Å². The van der Waals surface area contributed by atoms with Crippen LogP contribution in [0.5, 0.6) is 0 Å². The largest absolute Gasteiger partial charge is 0.355 e. The van der Waals surface area contributed by atoms with E-state index in [2.05, 4.69) is 15.5 Å². The average Bonchev–Trinajstić information content (AvgIpc) is 2.59. The molecule has 126 valence electrons. The van der Waals surface area contributed by atoms with Gasteiger partial charge in [-0.3, -0.25) is 14.5 Å². The van der Waals surface area contributed by atoms with Gasteiger partial charge < -0.3 is 16.4 Å². The Balaban J connectivity index is 1.73. The summed E-state index contributed by atoms with van der Waals surface area (Å²) in [5.41, 5.74) is 6.48. The molecule has 1 aromatic carbocycles. The molecule has 1 unspecified atom stereocenters. The summed E-state index contributed by atoms with van der Waals surface area (Å²) < 4.78 is 0. The molecular weight excluding hydrogens is 292 g/mol. The van der Waals surface area contributed by atoms with Crippen LogP contribution in [0.25, 0.3) is 0 Å². The summed E-state index contributed by atoms with van der Waals surface area (Å²) >= 11 is 0. The van der Waals surface area contributed by atoms with Crippen LogP contribution in [-0.4, -0.2) is 49.4 Å². The Labute approximate surface area is 137 Å². The molecule has 6 nitrogen and oxygen atoms in total. The zero-order chi connectivity index (χ0) is 16.5.